The van der Waals surface area contributed by atoms with E-state index in [4.69, 9.17) is 11.6 Å². The number of carbonyl (C=O) groups is 1. The van der Waals surface area contributed by atoms with Crippen LogP contribution in [0.15, 0.2) is 18.2 Å². The van der Waals surface area contributed by atoms with Gasteiger partial charge in [0.05, 0.1) is 10.7 Å². The van der Waals surface area contributed by atoms with Gasteiger partial charge in [0.25, 0.3) is 0 Å². The maximum Gasteiger partial charge on any atom is 0.224 e. The molecule has 2 rings (SSSR count). The Morgan fingerprint density at radius 3 is 3.05 bits per heavy atom. The zero-order chi connectivity index (χ0) is 14.5. The molecule has 0 radical (unpaired) electrons. The van der Waals surface area contributed by atoms with E-state index in [0.29, 0.717) is 29.0 Å². The number of benzene rings is 1. The average Bonchev–Trinajstić information content (AvgIpc) is 2.43. The Kier molecular flexibility index (Phi) is 5.44. The molecule has 1 aromatic carbocycles. The van der Waals surface area contributed by atoms with Crippen molar-refractivity contribution in [2.24, 2.45) is 11.8 Å². The zero-order valence-electron chi connectivity index (χ0n) is 12.2. The van der Waals surface area contributed by atoms with Crippen LogP contribution in [-0.4, -0.2) is 19.0 Å². The maximum absolute atomic E-state index is 12.1. The van der Waals surface area contributed by atoms with E-state index in [1.807, 2.05) is 25.1 Å². The third kappa shape index (κ3) is 4.22. The molecule has 0 aromatic heterocycles. The van der Waals surface area contributed by atoms with Gasteiger partial charge in [-0.3, -0.25) is 4.79 Å². The molecule has 1 saturated heterocycles. The van der Waals surface area contributed by atoms with Crippen molar-refractivity contribution in [3.8, 4) is 0 Å². The summed E-state index contributed by atoms with van der Waals surface area (Å²) in [5, 5.41) is 6.93. The van der Waals surface area contributed by atoms with Crippen molar-refractivity contribution < 1.29 is 4.79 Å². The minimum absolute atomic E-state index is 0.0515. The van der Waals surface area contributed by atoms with Crippen LogP contribution in [0.4, 0.5) is 5.69 Å². The molecule has 2 atom stereocenters. The average molecular weight is 295 g/mol. The van der Waals surface area contributed by atoms with Crippen LogP contribution >= 0.6 is 11.6 Å². The van der Waals surface area contributed by atoms with Gasteiger partial charge in [0.2, 0.25) is 5.91 Å². The van der Waals surface area contributed by atoms with Crippen LogP contribution in [0.2, 0.25) is 5.02 Å². The van der Waals surface area contributed by atoms with E-state index in [1.54, 1.807) is 0 Å². The van der Waals surface area contributed by atoms with E-state index in [1.165, 1.54) is 12.8 Å². The first-order chi connectivity index (χ1) is 9.56. The number of carbonyl (C=O) groups excluding carboxylic acids is 1. The van der Waals surface area contributed by atoms with Gasteiger partial charge in [-0.1, -0.05) is 24.6 Å². The van der Waals surface area contributed by atoms with E-state index in [0.717, 1.165) is 18.7 Å². The lowest BCUT2D eigenvalue weighted by Gasteiger charge is -2.28. The van der Waals surface area contributed by atoms with Gasteiger partial charge < -0.3 is 10.6 Å². The number of hydrogen-bond donors (Lipinski definition) is 2. The number of anilines is 1. The number of halogens is 1. The number of nitrogens with one attached hydrogen (secondary N) is 2. The smallest absolute Gasteiger partial charge is 0.224 e. The molecule has 1 aliphatic heterocycles. The minimum Gasteiger partial charge on any atom is -0.325 e. The summed E-state index contributed by atoms with van der Waals surface area (Å²) in [6.07, 6.45) is 2.98. The summed E-state index contributed by atoms with van der Waals surface area (Å²) >= 11 is 6.10. The van der Waals surface area contributed by atoms with Crippen molar-refractivity contribution in [3.63, 3.8) is 0 Å². The summed E-state index contributed by atoms with van der Waals surface area (Å²) in [5.74, 6) is 1.05. The zero-order valence-corrected chi connectivity index (χ0v) is 13.0. The fraction of sp³-hybridized carbons (Fsp3) is 0.562. The highest BCUT2D eigenvalue weighted by Crippen LogP contribution is 2.25. The van der Waals surface area contributed by atoms with Crippen LogP contribution in [0.5, 0.6) is 0 Å². The first kappa shape index (κ1) is 15.3. The second kappa shape index (κ2) is 7.09. The van der Waals surface area contributed by atoms with E-state index >= 15 is 0 Å². The van der Waals surface area contributed by atoms with Crippen LogP contribution in [0.25, 0.3) is 0 Å². The van der Waals surface area contributed by atoms with Crippen molar-refractivity contribution in [1.29, 1.82) is 0 Å². The topological polar surface area (TPSA) is 41.1 Å². The predicted octanol–water partition coefficient (Wildman–Crippen LogP) is 3.61. The summed E-state index contributed by atoms with van der Waals surface area (Å²) < 4.78 is 0. The summed E-state index contributed by atoms with van der Waals surface area (Å²) in [6, 6.07) is 5.67. The number of rotatable bonds is 4. The summed E-state index contributed by atoms with van der Waals surface area (Å²) in [6.45, 7) is 6.28. The second-order valence-corrected chi connectivity index (χ2v) is 6.23. The molecule has 1 aromatic rings. The molecule has 0 bridgehead atoms. The summed E-state index contributed by atoms with van der Waals surface area (Å²) in [5.41, 5.74) is 1.81. The molecular formula is C16H23ClN2O. The first-order valence-corrected chi connectivity index (χ1v) is 7.71. The van der Waals surface area contributed by atoms with Crippen LogP contribution < -0.4 is 10.6 Å². The summed E-state index contributed by atoms with van der Waals surface area (Å²) in [4.78, 5) is 12.1. The third-order valence-corrected chi connectivity index (χ3v) is 4.37. The normalized spacial score (nSPS) is 20.4. The van der Waals surface area contributed by atoms with Crippen LogP contribution in [-0.2, 0) is 4.79 Å². The van der Waals surface area contributed by atoms with E-state index in [-0.39, 0.29) is 5.91 Å². The van der Waals surface area contributed by atoms with Crippen molar-refractivity contribution in [1.82, 2.24) is 5.32 Å². The molecule has 4 heteroatoms. The SMILES string of the molecule is Cc1ccc(Cl)c(NC(=O)CC(C)C2CCCNC2)c1. The van der Waals surface area contributed by atoms with E-state index in [9.17, 15) is 4.79 Å². The Morgan fingerprint density at radius 2 is 2.35 bits per heavy atom. The predicted molar refractivity (Wildman–Crippen MR) is 84.2 cm³/mol. The molecule has 2 N–H and O–H groups in total. The molecule has 3 nitrogen and oxygen atoms in total. The number of aryl methyl sites for hydroxylation is 1. The number of amides is 1. The Bertz CT molecular complexity index is 470. The first-order valence-electron chi connectivity index (χ1n) is 7.33. The Labute approximate surface area is 126 Å². The van der Waals surface area contributed by atoms with Crippen molar-refractivity contribution in [2.75, 3.05) is 18.4 Å². The van der Waals surface area contributed by atoms with Gasteiger partial charge in [-0.25, -0.2) is 0 Å². The molecule has 20 heavy (non-hydrogen) atoms. The quantitative estimate of drug-likeness (QED) is 0.890. The molecule has 0 saturated carbocycles. The lowest BCUT2D eigenvalue weighted by molar-refractivity contribution is -0.117. The van der Waals surface area contributed by atoms with Crippen molar-refractivity contribution in [3.05, 3.63) is 28.8 Å². The lowest BCUT2D eigenvalue weighted by atomic mass is 9.85. The monoisotopic (exact) mass is 294 g/mol. The molecular weight excluding hydrogens is 272 g/mol. The summed E-state index contributed by atoms with van der Waals surface area (Å²) in [7, 11) is 0. The van der Waals surface area contributed by atoms with Gasteiger partial charge in [-0.2, -0.15) is 0 Å². The van der Waals surface area contributed by atoms with E-state index < -0.39 is 0 Å². The van der Waals surface area contributed by atoms with Gasteiger partial charge >= 0.3 is 0 Å². The molecule has 1 amide bonds. The van der Waals surface area contributed by atoms with Gasteiger partial charge in [0.15, 0.2) is 0 Å². The molecule has 110 valence electrons. The lowest BCUT2D eigenvalue weighted by Crippen LogP contribution is -2.34. The minimum atomic E-state index is 0.0515. The molecule has 0 aliphatic carbocycles. The molecule has 0 spiro atoms. The standard InChI is InChI=1S/C16H23ClN2O/c1-11-5-6-14(17)15(8-11)19-16(20)9-12(2)13-4-3-7-18-10-13/h5-6,8,12-13,18H,3-4,7,9-10H2,1-2H3,(H,19,20). The van der Waals surface area contributed by atoms with Crippen LogP contribution in [0.1, 0.15) is 31.7 Å². The highest BCUT2D eigenvalue weighted by molar-refractivity contribution is 6.33. The molecule has 1 fully saturated rings. The number of hydrogen-bond acceptors (Lipinski definition) is 2. The fourth-order valence-corrected chi connectivity index (χ4v) is 2.92. The van der Waals surface area contributed by atoms with Gasteiger partial charge in [-0.15, -0.1) is 0 Å². The largest absolute Gasteiger partial charge is 0.325 e. The van der Waals surface area contributed by atoms with Crippen LogP contribution in [0.3, 0.4) is 0 Å². The molecule has 2 unspecified atom stereocenters. The number of piperidine rings is 1. The fourth-order valence-electron chi connectivity index (χ4n) is 2.76. The Balaban J connectivity index is 1.89. The van der Waals surface area contributed by atoms with Gasteiger partial charge in [0, 0.05) is 6.42 Å². The van der Waals surface area contributed by atoms with E-state index in [2.05, 4.69) is 17.6 Å². The highest BCUT2D eigenvalue weighted by Gasteiger charge is 2.22. The highest BCUT2D eigenvalue weighted by atomic mass is 35.5. The van der Waals surface area contributed by atoms with Gasteiger partial charge in [0.1, 0.15) is 0 Å². The van der Waals surface area contributed by atoms with Crippen molar-refractivity contribution in [2.45, 2.75) is 33.1 Å². The Morgan fingerprint density at radius 1 is 1.55 bits per heavy atom. The van der Waals surface area contributed by atoms with Crippen LogP contribution in [0, 0.1) is 18.8 Å². The van der Waals surface area contributed by atoms with Crippen molar-refractivity contribution >= 4 is 23.2 Å². The molecule has 1 aliphatic rings. The third-order valence-electron chi connectivity index (χ3n) is 4.04. The maximum atomic E-state index is 12.1. The molecule has 1 heterocycles. The Hall–Kier alpha value is -1.06. The van der Waals surface area contributed by atoms with Gasteiger partial charge in [-0.05, 0) is 62.4 Å². The second-order valence-electron chi connectivity index (χ2n) is 5.82.